The van der Waals surface area contributed by atoms with E-state index in [1.807, 2.05) is 18.3 Å². The van der Waals surface area contributed by atoms with Crippen molar-refractivity contribution in [3.05, 3.63) is 36.3 Å². The normalized spacial score (nSPS) is 10.4. The third-order valence-corrected chi connectivity index (χ3v) is 2.15. The molecule has 0 aliphatic carbocycles. The first-order chi connectivity index (χ1) is 8.38. The Kier molecular flexibility index (Phi) is 4.04. The molecule has 0 fully saturated rings. The number of hydrogen-bond donors (Lipinski definition) is 0. The molecule has 0 saturated carbocycles. The first-order valence-electron chi connectivity index (χ1n) is 5.29. The average Bonchev–Trinajstić information content (AvgIpc) is 2.83. The van der Waals surface area contributed by atoms with Gasteiger partial charge in [0.25, 0.3) is 0 Å². The van der Waals surface area contributed by atoms with Crippen molar-refractivity contribution in [1.82, 2.24) is 20.0 Å². The summed E-state index contributed by atoms with van der Waals surface area (Å²) in [6.45, 7) is 1.70. The van der Waals surface area contributed by atoms with Crippen LogP contribution in [0, 0.1) is 0 Å². The van der Waals surface area contributed by atoms with Crippen LogP contribution in [0.25, 0.3) is 0 Å². The summed E-state index contributed by atoms with van der Waals surface area (Å²) in [5.41, 5.74) is 1.07. The number of rotatable bonds is 6. The van der Waals surface area contributed by atoms with Crippen molar-refractivity contribution < 1.29 is 9.47 Å². The zero-order chi connectivity index (χ0) is 11.9. The largest absolute Gasteiger partial charge is 0.475 e. The van der Waals surface area contributed by atoms with Gasteiger partial charge in [-0.15, -0.1) is 5.10 Å². The number of pyridine rings is 1. The van der Waals surface area contributed by atoms with E-state index in [0.29, 0.717) is 25.6 Å². The molecule has 0 amide bonds. The molecule has 0 N–H and O–H groups in total. The van der Waals surface area contributed by atoms with Crippen LogP contribution in [-0.2, 0) is 11.3 Å². The number of aromatic nitrogens is 4. The monoisotopic (exact) mass is 234 g/mol. The van der Waals surface area contributed by atoms with Crippen molar-refractivity contribution >= 4 is 0 Å². The van der Waals surface area contributed by atoms with E-state index >= 15 is 0 Å². The van der Waals surface area contributed by atoms with Crippen molar-refractivity contribution in [2.24, 2.45) is 0 Å². The van der Waals surface area contributed by atoms with Gasteiger partial charge in [-0.25, -0.2) is 9.67 Å². The number of nitrogens with zero attached hydrogens (tertiary/aromatic N) is 4. The van der Waals surface area contributed by atoms with Crippen LogP contribution in [0.5, 0.6) is 5.88 Å². The van der Waals surface area contributed by atoms with E-state index in [0.717, 1.165) is 5.56 Å². The SMILES string of the molecule is COCCOc1cc(Cn2ccnn2)ccn1. The summed E-state index contributed by atoms with van der Waals surface area (Å²) >= 11 is 0. The Labute approximate surface area is 99.2 Å². The summed E-state index contributed by atoms with van der Waals surface area (Å²) in [6, 6.07) is 3.81. The molecule has 2 aromatic heterocycles. The van der Waals surface area contributed by atoms with Crippen molar-refractivity contribution in [1.29, 1.82) is 0 Å². The van der Waals surface area contributed by atoms with E-state index in [-0.39, 0.29) is 0 Å². The second kappa shape index (κ2) is 5.95. The number of hydrogen-bond acceptors (Lipinski definition) is 5. The zero-order valence-electron chi connectivity index (χ0n) is 9.61. The molecule has 0 bridgehead atoms. The van der Waals surface area contributed by atoms with Crippen molar-refractivity contribution in [2.75, 3.05) is 20.3 Å². The molecule has 2 heterocycles. The molecule has 0 atom stereocenters. The van der Waals surface area contributed by atoms with Gasteiger partial charge in [-0.3, -0.25) is 0 Å². The fourth-order valence-corrected chi connectivity index (χ4v) is 1.36. The molecule has 0 unspecified atom stereocenters. The van der Waals surface area contributed by atoms with E-state index in [9.17, 15) is 0 Å². The minimum absolute atomic E-state index is 0.496. The van der Waals surface area contributed by atoms with E-state index in [1.165, 1.54) is 0 Å². The lowest BCUT2D eigenvalue weighted by Crippen LogP contribution is -2.06. The maximum absolute atomic E-state index is 5.42. The topological polar surface area (TPSA) is 62.1 Å². The molecule has 2 aromatic rings. The van der Waals surface area contributed by atoms with Crippen LogP contribution < -0.4 is 4.74 Å². The highest BCUT2D eigenvalue weighted by molar-refractivity contribution is 5.20. The molecule has 6 heteroatoms. The maximum Gasteiger partial charge on any atom is 0.213 e. The Morgan fingerprint density at radius 2 is 2.24 bits per heavy atom. The summed E-state index contributed by atoms with van der Waals surface area (Å²) in [6.07, 6.45) is 5.18. The van der Waals surface area contributed by atoms with Gasteiger partial charge in [-0.2, -0.15) is 0 Å². The lowest BCUT2D eigenvalue weighted by molar-refractivity contribution is 0.143. The van der Waals surface area contributed by atoms with Crippen LogP contribution in [0.4, 0.5) is 0 Å². The predicted molar refractivity (Wildman–Crippen MR) is 60.7 cm³/mol. The Hall–Kier alpha value is -1.95. The molecule has 0 aromatic carbocycles. The van der Waals surface area contributed by atoms with Gasteiger partial charge in [0.15, 0.2) is 0 Å². The van der Waals surface area contributed by atoms with Crippen molar-refractivity contribution in [2.45, 2.75) is 6.54 Å². The highest BCUT2D eigenvalue weighted by Gasteiger charge is 2.00. The molecule has 0 aliphatic heterocycles. The lowest BCUT2D eigenvalue weighted by atomic mass is 10.2. The van der Waals surface area contributed by atoms with Gasteiger partial charge in [-0.05, 0) is 11.6 Å². The number of ether oxygens (including phenoxy) is 2. The molecule has 6 nitrogen and oxygen atoms in total. The Morgan fingerprint density at radius 3 is 3.00 bits per heavy atom. The second-order valence-corrected chi connectivity index (χ2v) is 3.44. The summed E-state index contributed by atoms with van der Waals surface area (Å²) in [5.74, 6) is 0.597. The minimum Gasteiger partial charge on any atom is -0.475 e. The van der Waals surface area contributed by atoms with E-state index < -0.39 is 0 Å². The molecule has 0 aliphatic rings. The van der Waals surface area contributed by atoms with Crippen LogP contribution >= 0.6 is 0 Å². The molecule has 2 rings (SSSR count). The highest BCUT2D eigenvalue weighted by atomic mass is 16.5. The standard InChI is InChI=1S/C11H14N4O2/c1-16-6-7-17-11-8-10(2-3-12-11)9-15-5-4-13-14-15/h2-5,8H,6-7,9H2,1H3. The smallest absolute Gasteiger partial charge is 0.213 e. The highest BCUT2D eigenvalue weighted by Crippen LogP contribution is 2.10. The van der Waals surface area contributed by atoms with Gasteiger partial charge in [-0.1, -0.05) is 5.21 Å². The van der Waals surface area contributed by atoms with E-state index in [1.54, 1.807) is 24.2 Å². The number of methoxy groups -OCH3 is 1. The first-order valence-corrected chi connectivity index (χ1v) is 5.29. The Morgan fingerprint density at radius 1 is 1.29 bits per heavy atom. The molecule has 0 spiro atoms. The van der Waals surface area contributed by atoms with Crippen molar-refractivity contribution in [3.8, 4) is 5.88 Å². The average molecular weight is 234 g/mol. The first kappa shape index (κ1) is 11.5. The maximum atomic E-state index is 5.42. The summed E-state index contributed by atoms with van der Waals surface area (Å²) < 4.78 is 12.1. The van der Waals surface area contributed by atoms with E-state index in [2.05, 4.69) is 15.3 Å². The summed E-state index contributed by atoms with van der Waals surface area (Å²) in [4.78, 5) is 4.12. The second-order valence-electron chi connectivity index (χ2n) is 3.44. The third-order valence-electron chi connectivity index (χ3n) is 2.15. The van der Waals surface area contributed by atoms with Crippen molar-refractivity contribution in [3.63, 3.8) is 0 Å². The zero-order valence-corrected chi connectivity index (χ0v) is 9.61. The van der Waals surface area contributed by atoms with Crippen LogP contribution in [0.15, 0.2) is 30.7 Å². The molecular formula is C11H14N4O2. The van der Waals surface area contributed by atoms with Crippen LogP contribution in [-0.4, -0.2) is 40.3 Å². The van der Waals surface area contributed by atoms with Crippen LogP contribution in [0.3, 0.4) is 0 Å². The molecular weight excluding hydrogens is 220 g/mol. The summed E-state index contributed by atoms with van der Waals surface area (Å²) in [5, 5.41) is 7.65. The minimum atomic E-state index is 0.496. The molecule has 0 radical (unpaired) electrons. The van der Waals surface area contributed by atoms with E-state index in [4.69, 9.17) is 9.47 Å². The fourth-order valence-electron chi connectivity index (χ4n) is 1.36. The van der Waals surface area contributed by atoms with Gasteiger partial charge in [0, 0.05) is 25.6 Å². The van der Waals surface area contributed by atoms with Gasteiger partial charge in [0.05, 0.1) is 19.3 Å². The van der Waals surface area contributed by atoms with Crippen LogP contribution in [0.1, 0.15) is 5.56 Å². The van der Waals surface area contributed by atoms with Gasteiger partial charge in [0.2, 0.25) is 5.88 Å². The van der Waals surface area contributed by atoms with Gasteiger partial charge < -0.3 is 9.47 Å². The Bertz CT molecular complexity index is 444. The molecule has 90 valence electrons. The van der Waals surface area contributed by atoms with Crippen LogP contribution in [0.2, 0.25) is 0 Å². The fraction of sp³-hybridized carbons (Fsp3) is 0.364. The molecule has 0 saturated heterocycles. The Balaban J connectivity index is 1.96. The quantitative estimate of drug-likeness (QED) is 0.690. The predicted octanol–water partition coefficient (Wildman–Crippen LogP) is 0.747. The summed E-state index contributed by atoms with van der Waals surface area (Å²) in [7, 11) is 1.64. The van der Waals surface area contributed by atoms with Gasteiger partial charge in [0.1, 0.15) is 6.61 Å². The molecule has 17 heavy (non-hydrogen) atoms. The third kappa shape index (κ3) is 3.53. The lowest BCUT2D eigenvalue weighted by Gasteiger charge is -2.06. The van der Waals surface area contributed by atoms with Gasteiger partial charge >= 0.3 is 0 Å².